The number of ether oxygens (including phenoxy) is 1. The zero-order chi connectivity index (χ0) is 10.1. The van der Waals surface area contributed by atoms with Gasteiger partial charge in [0.15, 0.2) is 0 Å². The molecule has 1 aliphatic heterocycles. The number of nitrogens with zero attached hydrogens (tertiary/aromatic N) is 1. The molecule has 1 atom stereocenters. The number of likely N-dealkylation sites (tertiary alicyclic amines) is 1. The molecule has 1 aliphatic rings. The van der Waals surface area contributed by atoms with Crippen molar-refractivity contribution in [2.75, 3.05) is 11.9 Å². The normalized spacial score (nSPS) is 22.5. The highest BCUT2D eigenvalue weighted by molar-refractivity contribution is 9.09. The molecule has 4 heteroatoms. The van der Waals surface area contributed by atoms with Crippen molar-refractivity contribution in [2.24, 2.45) is 0 Å². The number of alkyl halides is 1. The van der Waals surface area contributed by atoms with Gasteiger partial charge in [0.1, 0.15) is 5.60 Å². The number of rotatable bonds is 1. The predicted octanol–water partition coefficient (Wildman–Crippen LogP) is 2.39. The highest BCUT2D eigenvalue weighted by Gasteiger charge is 2.34. The molecular weight excluding hydrogens is 234 g/mol. The molecule has 1 amide bonds. The van der Waals surface area contributed by atoms with Crippen molar-refractivity contribution in [1.29, 1.82) is 0 Å². The minimum Gasteiger partial charge on any atom is -0.444 e. The number of amides is 1. The van der Waals surface area contributed by atoms with Crippen molar-refractivity contribution in [3.8, 4) is 0 Å². The summed E-state index contributed by atoms with van der Waals surface area (Å²) in [6, 6.07) is 0.329. The molecule has 13 heavy (non-hydrogen) atoms. The Hall–Kier alpha value is -0.250. The summed E-state index contributed by atoms with van der Waals surface area (Å²) in [5, 5.41) is 0.840. The minimum atomic E-state index is -0.385. The Balaban J connectivity index is 2.40. The van der Waals surface area contributed by atoms with Gasteiger partial charge in [0, 0.05) is 17.9 Å². The van der Waals surface area contributed by atoms with E-state index in [-0.39, 0.29) is 11.7 Å². The van der Waals surface area contributed by atoms with Crippen LogP contribution in [0.25, 0.3) is 0 Å². The molecule has 1 fully saturated rings. The second kappa shape index (κ2) is 3.86. The molecule has 1 rings (SSSR count). The molecule has 0 radical (unpaired) electrons. The first-order chi connectivity index (χ1) is 5.94. The topological polar surface area (TPSA) is 29.5 Å². The first-order valence-electron chi connectivity index (χ1n) is 4.49. The molecule has 0 aromatic rings. The smallest absolute Gasteiger partial charge is 0.410 e. The average Bonchev–Trinajstić information content (AvgIpc) is 1.80. The Kier molecular flexibility index (Phi) is 3.22. The van der Waals surface area contributed by atoms with Crippen LogP contribution in [-0.4, -0.2) is 34.5 Å². The second-order valence-electron chi connectivity index (χ2n) is 4.27. The maximum atomic E-state index is 11.5. The monoisotopic (exact) mass is 249 g/mol. The van der Waals surface area contributed by atoms with E-state index in [4.69, 9.17) is 4.74 Å². The molecule has 0 bridgehead atoms. The fourth-order valence-electron chi connectivity index (χ4n) is 1.16. The molecule has 0 aromatic heterocycles. The molecule has 0 unspecified atom stereocenters. The lowest BCUT2D eigenvalue weighted by Crippen LogP contribution is -2.53. The molecule has 0 aliphatic carbocycles. The van der Waals surface area contributed by atoms with E-state index >= 15 is 0 Å². The zero-order valence-corrected chi connectivity index (χ0v) is 9.93. The molecule has 0 saturated carbocycles. The first-order valence-corrected chi connectivity index (χ1v) is 5.62. The maximum Gasteiger partial charge on any atom is 0.410 e. The van der Waals surface area contributed by atoms with Gasteiger partial charge in [-0.1, -0.05) is 15.9 Å². The fraction of sp³-hybridized carbons (Fsp3) is 0.889. The van der Waals surface area contributed by atoms with E-state index in [1.165, 1.54) is 0 Å². The molecule has 3 nitrogen and oxygen atoms in total. The molecular formula is C9H16BrNO2. The predicted molar refractivity (Wildman–Crippen MR) is 55.1 cm³/mol. The lowest BCUT2D eigenvalue weighted by molar-refractivity contribution is -0.000736. The van der Waals surface area contributed by atoms with Gasteiger partial charge in [-0.05, 0) is 27.2 Å². The summed E-state index contributed by atoms with van der Waals surface area (Å²) in [5.74, 6) is 0. The third kappa shape index (κ3) is 2.86. The van der Waals surface area contributed by atoms with Crippen molar-refractivity contribution in [3.63, 3.8) is 0 Å². The maximum absolute atomic E-state index is 11.5. The zero-order valence-electron chi connectivity index (χ0n) is 8.34. The Labute approximate surface area is 87.6 Å². The van der Waals surface area contributed by atoms with E-state index < -0.39 is 0 Å². The summed E-state index contributed by atoms with van der Waals surface area (Å²) in [5.41, 5.74) is -0.385. The van der Waals surface area contributed by atoms with Gasteiger partial charge in [-0.3, -0.25) is 0 Å². The Bertz CT molecular complexity index is 198. The van der Waals surface area contributed by atoms with E-state index in [0.717, 1.165) is 18.3 Å². The number of carbonyl (C=O) groups is 1. The summed E-state index contributed by atoms with van der Waals surface area (Å²) in [4.78, 5) is 13.3. The van der Waals surface area contributed by atoms with Crippen molar-refractivity contribution < 1.29 is 9.53 Å². The highest BCUT2D eigenvalue weighted by Crippen LogP contribution is 2.22. The van der Waals surface area contributed by atoms with Crippen LogP contribution in [-0.2, 0) is 4.74 Å². The van der Waals surface area contributed by atoms with Crippen LogP contribution in [0.5, 0.6) is 0 Å². The van der Waals surface area contributed by atoms with Gasteiger partial charge in [-0.25, -0.2) is 4.79 Å². The molecule has 76 valence electrons. The van der Waals surface area contributed by atoms with Gasteiger partial charge < -0.3 is 9.64 Å². The number of carbonyl (C=O) groups excluding carboxylic acids is 1. The average molecular weight is 250 g/mol. The number of halogens is 1. The van der Waals surface area contributed by atoms with Crippen LogP contribution in [0.15, 0.2) is 0 Å². The van der Waals surface area contributed by atoms with Crippen molar-refractivity contribution in [2.45, 2.75) is 38.8 Å². The van der Waals surface area contributed by atoms with E-state index in [0.29, 0.717) is 6.04 Å². The Morgan fingerprint density at radius 2 is 2.23 bits per heavy atom. The molecule has 0 spiro atoms. The van der Waals surface area contributed by atoms with Crippen molar-refractivity contribution in [1.82, 2.24) is 4.90 Å². The fourth-order valence-corrected chi connectivity index (χ4v) is 1.84. The van der Waals surface area contributed by atoms with Crippen LogP contribution in [0.3, 0.4) is 0 Å². The van der Waals surface area contributed by atoms with E-state index in [2.05, 4.69) is 15.9 Å². The highest BCUT2D eigenvalue weighted by atomic mass is 79.9. The summed E-state index contributed by atoms with van der Waals surface area (Å²) in [6.45, 7) is 6.47. The summed E-state index contributed by atoms with van der Waals surface area (Å²) in [6.07, 6.45) is 0.882. The third-order valence-corrected chi connectivity index (χ3v) is 2.70. The number of hydrogen-bond acceptors (Lipinski definition) is 2. The van der Waals surface area contributed by atoms with Crippen molar-refractivity contribution >= 4 is 22.0 Å². The van der Waals surface area contributed by atoms with Gasteiger partial charge in [-0.15, -0.1) is 0 Å². The SMILES string of the molecule is CC(C)(C)OC(=O)N1CC[C@@H]1CBr. The molecule has 0 N–H and O–H groups in total. The van der Waals surface area contributed by atoms with E-state index in [9.17, 15) is 4.79 Å². The van der Waals surface area contributed by atoms with Gasteiger partial charge in [0.25, 0.3) is 0 Å². The van der Waals surface area contributed by atoms with Crippen LogP contribution in [0, 0.1) is 0 Å². The Morgan fingerprint density at radius 1 is 1.62 bits per heavy atom. The van der Waals surface area contributed by atoms with Crippen LogP contribution in [0.4, 0.5) is 4.79 Å². The summed E-state index contributed by atoms with van der Waals surface area (Å²) >= 11 is 3.37. The second-order valence-corrected chi connectivity index (χ2v) is 4.92. The van der Waals surface area contributed by atoms with Gasteiger partial charge in [0.05, 0.1) is 0 Å². The van der Waals surface area contributed by atoms with E-state index in [1.807, 2.05) is 20.8 Å². The lowest BCUT2D eigenvalue weighted by Gasteiger charge is -2.40. The minimum absolute atomic E-state index is 0.191. The molecule has 1 heterocycles. The third-order valence-electron chi connectivity index (χ3n) is 1.95. The first kappa shape index (κ1) is 10.8. The summed E-state index contributed by atoms with van der Waals surface area (Å²) in [7, 11) is 0. The van der Waals surface area contributed by atoms with Crippen LogP contribution < -0.4 is 0 Å². The van der Waals surface area contributed by atoms with Crippen LogP contribution >= 0.6 is 15.9 Å². The van der Waals surface area contributed by atoms with Crippen molar-refractivity contribution in [3.05, 3.63) is 0 Å². The summed E-state index contributed by atoms with van der Waals surface area (Å²) < 4.78 is 5.24. The van der Waals surface area contributed by atoms with Gasteiger partial charge in [0.2, 0.25) is 0 Å². The van der Waals surface area contributed by atoms with Crippen LogP contribution in [0.1, 0.15) is 27.2 Å². The van der Waals surface area contributed by atoms with Crippen LogP contribution in [0.2, 0.25) is 0 Å². The number of hydrogen-bond donors (Lipinski definition) is 0. The quantitative estimate of drug-likeness (QED) is 0.669. The largest absolute Gasteiger partial charge is 0.444 e. The lowest BCUT2D eigenvalue weighted by atomic mass is 10.1. The standard InChI is InChI=1S/C9H16BrNO2/c1-9(2,3)13-8(12)11-5-4-7(11)6-10/h7H,4-6H2,1-3H3/t7-/m1/s1. The molecule has 1 saturated heterocycles. The Morgan fingerprint density at radius 3 is 2.54 bits per heavy atom. The van der Waals surface area contributed by atoms with Gasteiger partial charge in [-0.2, -0.15) is 0 Å². The van der Waals surface area contributed by atoms with Gasteiger partial charge >= 0.3 is 6.09 Å². The molecule has 0 aromatic carbocycles. The van der Waals surface area contributed by atoms with E-state index in [1.54, 1.807) is 4.90 Å².